The van der Waals surface area contributed by atoms with Crippen molar-refractivity contribution in [3.63, 3.8) is 0 Å². The number of halogens is 1. The molecule has 0 amide bonds. The van der Waals surface area contributed by atoms with Crippen LogP contribution in [0.25, 0.3) is 22.2 Å². The summed E-state index contributed by atoms with van der Waals surface area (Å²) < 4.78 is 33.0. The van der Waals surface area contributed by atoms with Crippen LogP contribution in [0.5, 0.6) is 11.5 Å². The molecule has 0 radical (unpaired) electrons. The molecule has 3 aromatic rings. The minimum absolute atomic E-state index is 0.0876. The second-order valence-corrected chi connectivity index (χ2v) is 7.73. The number of alkyl halides is 1. The first-order valence-electron chi connectivity index (χ1n) is 8.25. The number of furan rings is 1. The van der Waals surface area contributed by atoms with Crippen molar-refractivity contribution in [3.05, 3.63) is 42.3 Å². The molecule has 0 aliphatic carbocycles. The third kappa shape index (κ3) is 4.41. The first-order valence-corrected chi connectivity index (χ1v) is 10.3. The molecule has 28 heavy (non-hydrogen) atoms. The minimum atomic E-state index is -2.14. The van der Waals surface area contributed by atoms with Gasteiger partial charge in [0.15, 0.2) is 11.5 Å². The Bertz CT molecular complexity index is 1030. The van der Waals surface area contributed by atoms with Gasteiger partial charge in [-0.05, 0) is 18.6 Å². The number of esters is 1. The van der Waals surface area contributed by atoms with Crippen molar-refractivity contribution in [1.82, 2.24) is 9.71 Å². The molecule has 0 spiro atoms. The maximum atomic E-state index is 11.5. The van der Waals surface area contributed by atoms with E-state index in [2.05, 4.69) is 25.6 Å². The molecule has 2 unspecified atom stereocenters. The molecule has 0 bridgehead atoms. The summed E-state index contributed by atoms with van der Waals surface area (Å²) in [5.74, 6) is -0.653. The van der Waals surface area contributed by atoms with Crippen molar-refractivity contribution in [2.75, 3.05) is 6.54 Å². The number of carbonyl (C=O) groups is 1. The fourth-order valence-corrected chi connectivity index (χ4v) is 3.58. The summed E-state index contributed by atoms with van der Waals surface area (Å²) in [6, 6.07) is 9.07. The summed E-state index contributed by atoms with van der Waals surface area (Å²) in [5, 5.41) is 11.5. The monoisotopic (exact) mass is 468 g/mol. The molecule has 3 rings (SSSR count). The fourth-order valence-electron chi connectivity index (χ4n) is 2.75. The molecule has 3 N–H and O–H groups in total. The molecule has 8 nitrogen and oxygen atoms in total. The number of carbonyl (C=O) groups excluding carboxylic acids is 1. The Morgan fingerprint density at radius 2 is 2.14 bits per heavy atom. The number of aromatic hydroxyl groups is 1. The highest BCUT2D eigenvalue weighted by atomic mass is 79.9. The largest absolute Gasteiger partial charge is 0.502 e. The SMILES string of the molecule is CC(=O)Oc1c(C(Br)CCNS(=O)O)oc(-c2ccnc3ccccc23)c1O. The molecule has 0 fully saturated rings. The van der Waals surface area contributed by atoms with E-state index in [1.54, 1.807) is 12.3 Å². The molecule has 1 aromatic carbocycles. The number of para-hydroxylation sites is 1. The number of hydrogen-bond acceptors (Lipinski definition) is 6. The van der Waals surface area contributed by atoms with Crippen LogP contribution in [0, 0.1) is 0 Å². The molecule has 0 aliphatic heterocycles. The van der Waals surface area contributed by atoms with Crippen LogP contribution >= 0.6 is 15.9 Å². The van der Waals surface area contributed by atoms with Gasteiger partial charge in [0.05, 0.1) is 10.3 Å². The molecule has 0 aliphatic rings. The number of benzene rings is 1. The number of nitrogens with zero attached hydrogens (tertiary/aromatic N) is 1. The van der Waals surface area contributed by atoms with Gasteiger partial charge in [-0.15, -0.1) is 0 Å². The summed E-state index contributed by atoms with van der Waals surface area (Å²) in [6.45, 7) is 1.41. The Morgan fingerprint density at radius 1 is 1.39 bits per heavy atom. The van der Waals surface area contributed by atoms with Gasteiger partial charge in [0, 0.05) is 30.6 Å². The third-order valence-electron chi connectivity index (χ3n) is 3.91. The normalized spacial score (nSPS) is 13.4. The Labute approximate surface area is 171 Å². The van der Waals surface area contributed by atoms with E-state index >= 15 is 0 Å². The van der Waals surface area contributed by atoms with Crippen LogP contribution in [0.3, 0.4) is 0 Å². The highest BCUT2D eigenvalue weighted by Crippen LogP contribution is 2.49. The van der Waals surface area contributed by atoms with Gasteiger partial charge in [-0.1, -0.05) is 34.1 Å². The molecular formula is C18H17BrN2O6S. The molecule has 0 saturated heterocycles. The molecule has 148 valence electrons. The molecule has 2 heterocycles. The zero-order chi connectivity index (χ0) is 20.3. The Kier molecular flexibility index (Phi) is 6.45. The Hall–Kier alpha value is -2.27. The van der Waals surface area contributed by atoms with Gasteiger partial charge in [-0.2, -0.15) is 0 Å². The lowest BCUT2D eigenvalue weighted by Crippen LogP contribution is -2.18. The summed E-state index contributed by atoms with van der Waals surface area (Å²) in [7, 11) is 0. The maximum absolute atomic E-state index is 11.5. The van der Waals surface area contributed by atoms with E-state index in [1.165, 1.54) is 6.92 Å². The van der Waals surface area contributed by atoms with E-state index in [0.29, 0.717) is 12.0 Å². The summed E-state index contributed by atoms with van der Waals surface area (Å²) in [6.07, 6.45) is 1.93. The maximum Gasteiger partial charge on any atom is 0.308 e. The first kappa shape index (κ1) is 20.5. The average molecular weight is 469 g/mol. The van der Waals surface area contributed by atoms with Crippen LogP contribution in [0.15, 0.2) is 40.9 Å². The Morgan fingerprint density at radius 3 is 2.86 bits per heavy atom. The third-order valence-corrected chi connectivity index (χ3v) is 5.24. The zero-order valence-corrected chi connectivity index (χ0v) is 17.1. The van der Waals surface area contributed by atoms with Crippen molar-refractivity contribution in [2.24, 2.45) is 0 Å². The highest BCUT2D eigenvalue weighted by Gasteiger charge is 2.29. The van der Waals surface area contributed by atoms with Crippen LogP contribution in [-0.4, -0.2) is 31.4 Å². The van der Waals surface area contributed by atoms with Gasteiger partial charge in [0.1, 0.15) is 0 Å². The van der Waals surface area contributed by atoms with Crippen molar-refractivity contribution in [2.45, 2.75) is 18.2 Å². The number of fused-ring (bicyclic) bond motifs is 1. The van der Waals surface area contributed by atoms with Crippen LogP contribution < -0.4 is 9.46 Å². The average Bonchev–Trinajstić information content (AvgIpc) is 2.97. The van der Waals surface area contributed by atoms with Crippen LogP contribution in [0.2, 0.25) is 0 Å². The first-order chi connectivity index (χ1) is 13.4. The predicted molar refractivity (Wildman–Crippen MR) is 107 cm³/mol. The number of ether oxygens (including phenoxy) is 1. The van der Waals surface area contributed by atoms with Gasteiger partial charge in [0.2, 0.25) is 22.8 Å². The van der Waals surface area contributed by atoms with Crippen LogP contribution in [-0.2, 0) is 16.1 Å². The van der Waals surface area contributed by atoms with Crippen molar-refractivity contribution in [1.29, 1.82) is 0 Å². The zero-order valence-electron chi connectivity index (χ0n) is 14.7. The van der Waals surface area contributed by atoms with Crippen molar-refractivity contribution >= 4 is 44.1 Å². The summed E-state index contributed by atoms with van der Waals surface area (Å²) in [5.41, 5.74) is 1.31. The number of nitrogens with one attached hydrogen (secondary N) is 1. The van der Waals surface area contributed by atoms with Gasteiger partial charge < -0.3 is 14.3 Å². The summed E-state index contributed by atoms with van der Waals surface area (Å²) in [4.78, 5) is 15.3. The standard InChI is InChI=1S/C18H17BrN2O6S/c1-10(22)26-18-15(23)16(27-17(18)13(19)7-9-21-28(24)25)12-6-8-20-14-5-3-2-4-11(12)14/h2-6,8,13,21,23H,7,9H2,1H3,(H,24,25). The van der Waals surface area contributed by atoms with Gasteiger partial charge in [-0.25, -0.2) is 8.93 Å². The number of hydrogen-bond donors (Lipinski definition) is 3. The Balaban J connectivity index is 2.06. The van der Waals surface area contributed by atoms with Crippen LogP contribution in [0.4, 0.5) is 0 Å². The van der Waals surface area contributed by atoms with Gasteiger partial charge in [0.25, 0.3) is 0 Å². The van der Waals surface area contributed by atoms with E-state index in [1.807, 2.05) is 24.3 Å². The van der Waals surface area contributed by atoms with E-state index in [0.717, 1.165) is 10.9 Å². The minimum Gasteiger partial charge on any atom is -0.502 e. The second-order valence-electron chi connectivity index (χ2n) is 5.84. The fraction of sp³-hybridized carbons (Fsp3) is 0.222. The second kappa shape index (κ2) is 8.82. The smallest absolute Gasteiger partial charge is 0.308 e. The topological polar surface area (TPSA) is 122 Å². The van der Waals surface area contributed by atoms with E-state index in [-0.39, 0.29) is 29.6 Å². The number of rotatable bonds is 7. The van der Waals surface area contributed by atoms with Gasteiger partial charge >= 0.3 is 5.97 Å². The lowest BCUT2D eigenvalue weighted by molar-refractivity contribution is -0.132. The van der Waals surface area contributed by atoms with E-state index in [4.69, 9.17) is 13.7 Å². The summed E-state index contributed by atoms with van der Waals surface area (Å²) >= 11 is 1.28. The van der Waals surface area contributed by atoms with Gasteiger partial charge in [-0.3, -0.25) is 14.3 Å². The quantitative estimate of drug-likeness (QED) is 0.274. The van der Waals surface area contributed by atoms with Crippen molar-refractivity contribution in [3.8, 4) is 22.8 Å². The lowest BCUT2D eigenvalue weighted by atomic mass is 10.1. The van der Waals surface area contributed by atoms with E-state index < -0.39 is 22.1 Å². The van der Waals surface area contributed by atoms with Crippen molar-refractivity contribution < 1.29 is 27.8 Å². The molecule has 10 heteroatoms. The highest BCUT2D eigenvalue weighted by molar-refractivity contribution is 9.09. The molecule has 0 saturated carbocycles. The number of aromatic nitrogens is 1. The predicted octanol–water partition coefficient (Wildman–Crippen LogP) is 3.68. The molecule has 2 aromatic heterocycles. The lowest BCUT2D eigenvalue weighted by Gasteiger charge is -2.08. The molecular weight excluding hydrogens is 452 g/mol. The molecule has 2 atom stereocenters. The van der Waals surface area contributed by atoms with E-state index in [9.17, 15) is 14.1 Å². The van der Waals surface area contributed by atoms with Crippen LogP contribution in [0.1, 0.15) is 23.9 Å². The number of pyridine rings is 1.